The molecule has 4 rings (SSSR count). The number of esters is 1. The Hall–Kier alpha value is -4.25. The Morgan fingerprint density at radius 2 is 1.74 bits per heavy atom. The molecule has 1 amide bonds. The van der Waals surface area contributed by atoms with E-state index in [9.17, 15) is 19.7 Å². The number of methoxy groups -OCH3 is 1. The molecule has 0 aliphatic heterocycles. The number of hydrogen-bond acceptors (Lipinski definition) is 8. The predicted octanol–water partition coefficient (Wildman–Crippen LogP) is 5.41. The summed E-state index contributed by atoms with van der Waals surface area (Å²) in [6.45, 7) is 6.08. The Balaban J connectivity index is 1.45. The standard InChI is InChI=1S/C28H32N4O7/c1-28(2,3)31-25(29-27(34)38-17-18-8-6-5-7-9-18)16-22(30-31)20-14-23(37-4)24(15-20)39-26(33)19-10-12-21(13-11-19)32(35)36/h5-13,16,20,23-24H,14-15,17H2,1-4H3,(H,29,34). The molecule has 1 heterocycles. The first-order valence-electron chi connectivity index (χ1n) is 12.6. The third kappa shape index (κ3) is 6.80. The monoisotopic (exact) mass is 536 g/mol. The molecule has 0 spiro atoms. The number of anilines is 1. The lowest BCUT2D eigenvalue weighted by atomic mass is 10.0. The summed E-state index contributed by atoms with van der Waals surface area (Å²) in [5.41, 5.74) is 1.30. The van der Waals surface area contributed by atoms with Crippen molar-refractivity contribution in [2.75, 3.05) is 12.4 Å². The fraction of sp³-hybridized carbons (Fsp3) is 0.393. The largest absolute Gasteiger partial charge is 0.456 e. The number of benzene rings is 2. The van der Waals surface area contributed by atoms with E-state index >= 15 is 0 Å². The Morgan fingerprint density at radius 1 is 1.08 bits per heavy atom. The second-order valence-corrected chi connectivity index (χ2v) is 10.4. The SMILES string of the molecule is COC1CC(c2cc(NC(=O)OCc3ccccc3)n(C(C)(C)C)n2)CC1OC(=O)c1ccc([N+](=O)[O-])cc1. The number of non-ortho nitro benzene ring substituents is 1. The third-order valence-electron chi connectivity index (χ3n) is 6.55. The van der Waals surface area contributed by atoms with Gasteiger partial charge in [-0.3, -0.25) is 15.4 Å². The molecule has 3 unspecified atom stereocenters. The zero-order valence-electron chi connectivity index (χ0n) is 22.3. The van der Waals surface area contributed by atoms with E-state index in [0.717, 1.165) is 11.3 Å². The summed E-state index contributed by atoms with van der Waals surface area (Å²) >= 11 is 0. The summed E-state index contributed by atoms with van der Waals surface area (Å²) in [5.74, 6) is -0.175. The quantitative estimate of drug-likeness (QED) is 0.229. The highest BCUT2D eigenvalue weighted by molar-refractivity contribution is 5.89. The van der Waals surface area contributed by atoms with E-state index in [1.807, 2.05) is 57.2 Å². The number of nitro benzene ring substituents is 1. The average molecular weight is 537 g/mol. The summed E-state index contributed by atoms with van der Waals surface area (Å²) in [6, 6.07) is 16.5. The van der Waals surface area contributed by atoms with Gasteiger partial charge in [0.25, 0.3) is 5.69 Å². The Labute approximate surface area is 226 Å². The van der Waals surface area contributed by atoms with E-state index in [2.05, 4.69) is 5.32 Å². The van der Waals surface area contributed by atoms with Crippen LogP contribution < -0.4 is 5.32 Å². The highest BCUT2D eigenvalue weighted by Crippen LogP contribution is 2.39. The zero-order valence-corrected chi connectivity index (χ0v) is 22.3. The molecule has 39 heavy (non-hydrogen) atoms. The van der Waals surface area contributed by atoms with Gasteiger partial charge in [0, 0.05) is 31.2 Å². The van der Waals surface area contributed by atoms with E-state index in [4.69, 9.17) is 19.3 Å². The lowest BCUT2D eigenvalue weighted by molar-refractivity contribution is -0.384. The maximum atomic E-state index is 12.7. The second kappa shape index (κ2) is 11.6. The minimum atomic E-state index is -0.591. The molecule has 11 heteroatoms. The van der Waals surface area contributed by atoms with Crippen molar-refractivity contribution >= 4 is 23.6 Å². The summed E-state index contributed by atoms with van der Waals surface area (Å²) in [7, 11) is 1.56. The van der Waals surface area contributed by atoms with Crippen LogP contribution >= 0.6 is 0 Å². The highest BCUT2D eigenvalue weighted by atomic mass is 16.6. The first-order valence-corrected chi connectivity index (χ1v) is 12.6. The smallest absolute Gasteiger partial charge is 0.413 e. The van der Waals surface area contributed by atoms with Crippen LogP contribution in [0.15, 0.2) is 60.7 Å². The minimum absolute atomic E-state index is 0.0888. The fourth-order valence-corrected chi connectivity index (χ4v) is 4.56. The summed E-state index contributed by atoms with van der Waals surface area (Å²) in [5, 5.41) is 18.5. The maximum Gasteiger partial charge on any atom is 0.413 e. The van der Waals surface area contributed by atoms with Crippen LogP contribution in [0.2, 0.25) is 0 Å². The summed E-state index contributed by atoms with van der Waals surface area (Å²) in [4.78, 5) is 35.7. The Kier molecular flexibility index (Phi) is 8.29. The molecule has 1 fully saturated rings. The molecule has 0 bridgehead atoms. The van der Waals surface area contributed by atoms with Crippen molar-refractivity contribution in [1.82, 2.24) is 9.78 Å². The number of rotatable bonds is 8. The van der Waals surface area contributed by atoms with Gasteiger partial charge in [-0.2, -0.15) is 5.10 Å². The van der Waals surface area contributed by atoms with Crippen LogP contribution in [0.3, 0.4) is 0 Å². The van der Waals surface area contributed by atoms with E-state index < -0.39 is 28.6 Å². The van der Waals surface area contributed by atoms with E-state index in [0.29, 0.717) is 18.7 Å². The first kappa shape index (κ1) is 27.8. The highest BCUT2D eigenvalue weighted by Gasteiger charge is 2.40. The molecule has 1 N–H and O–H groups in total. The van der Waals surface area contributed by atoms with Crippen LogP contribution in [0.5, 0.6) is 0 Å². The molecule has 206 valence electrons. The van der Waals surface area contributed by atoms with Crippen LogP contribution in [-0.2, 0) is 26.4 Å². The van der Waals surface area contributed by atoms with Gasteiger partial charge in [0.05, 0.1) is 27.8 Å². The number of nitro groups is 1. The van der Waals surface area contributed by atoms with Gasteiger partial charge >= 0.3 is 12.1 Å². The van der Waals surface area contributed by atoms with Crippen molar-refractivity contribution in [2.45, 2.75) is 63.9 Å². The van der Waals surface area contributed by atoms with Gasteiger partial charge in [-0.1, -0.05) is 30.3 Å². The molecule has 0 saturated heterocycles. The van der Waals surface area contributed by atoms with Crippen LogP contribution in [-0.4, -0.2) is 46.1 Å². The Bertz CT molecular complexity index is 1320. The molecule has 0 radical (unpaired) electrons. The van der Waals surface area contributed by atoms with E-state index in [-0.39, 0.29) is 29.9 Å². The number of carbonyl (C=O) groups is 2. The molecule has 1 aliphatic rings. The van der Waals surface area contributed by atoms with Gasteiger partial charge in [-0.05, 0) is 51.3 Å². The van der Waals surface area contributed by atoms with Gasteiger partial charge in [-0.25, -0.2) is 14.3 Å². The van der Waals surface area contributed by atoms with Crippen LogP contribution in [0, 0.1) is 10.1 Å². The van der Waals surface area contributed by atoms with E-state index in [1.54, 1.807) is 11.8 Å². The molecule has 1 aromatic heterocycles. The number of nitrogens with zero attached hydrogens (tertiary/aromatic N) is 3. The van der Waals surface area contributed by atoms with E-state index in [1.165, 1.54) is 24.3 Å². The fourth-order valence-electron chi connectivity index (χ4n) is 4.56. The topological polar surface area (TPSA) is 135 Å². The Morgan fingerprint density at radius 3 is 2.36 bits per heavy atom. The maximum absolute atomic E-state index is 12.7. The van der Waals surface area contributed by atoms with Crippen LogP contribution in [0.25, 0.3) is 0 Å². The number of aromatic nitrogens is 2. The van der Waals surface area contributed by atoms with Crippen molar-refractivity contribution in [3.05, 3.63) is 87.6 Å². The van der Waals surface area contributed by atoms with Gasteiger partial charge in [0.2, 0.25) is 0 Å². The van der Waals surface area contributed by atoms with Crippen molar-refractivity contribution in [3.63, 3.8) is 0 Å². The average Bonchev–Trinajstić information content (AvgIpc) is 3.52. The lowest BCUT2D eigenvalue weighted by Gasteiger charge is -2.22. The van der Waals surface area contributed by atoms with Gasteiger partial charge in [0.15, 0.2) is 0 Å². The number of ether oxygens (including phenoxy) is 3. The molecule has 3 aromatic rings. The predicted molar refractivity (Wildman–Crippen MR) is 143 cm³/mol. The molecule has 1 aliphatic carbocycles. The van der Waals surface area contributed by atoms with Crippen molar-refractivity contribution in [1.29, 1.82) is 0 Å². The van der Waals surface area contributed by atoms with Gasteiger partial charge in [0.1, 0.15) is 18.5 Å². The van der Waals surface area contributed by atoms with Crippen molar-refractivity contribution in [2.24, 2.45) is 0 Å². The molecular weight excluding hydrogens is 504 g/mol. The molecule has 1 saturated carbocycles. The number of carbonyl (C=O) groups excluding carboxylic acids is 2. The van der Waals surface area contributed by atoms with Crippen LogP contribution in [0.1, 0.15) is 61.1 Å². The number of hydrogen-bond donors (Lipinski definition) is 1. The number of amides is 1. The molecule has 3 atom stereocenters. The second-order valence-electron chi connectivity index (χ2n) is 10.4. The van der Waals surface area contributed by atoms with Gasteiger partial charge in [-0.15, -0.1) is 0 Å². The lowest BCUT2D eigenvalue weighted by Crippen LogP contribution is -2.27. The normalized spacial score (nSPS) is 18.9. The molecule has 11 nitrogen and oxygen atoms in total. The van der Waals surface area contributed by atoms with Crippen LogP contribution in [0.4, 0.5) is 16.3 Å². The molecular formula is C28H32N4O7. The van der Waals surface area contributed by atoms with Crippen molar-refractivity contribution < 1.29 is 28.7 Å². The summed E-state index contributed by atoms with van der Waals surface area (Å²) in [6.07, 6.45) is -0.449. The summed E-state index contributed by atoms with van der Waals surface area (Å²) < 4.78 is 18.5. The first-order chi connectivity index (χ1) is 18.5. The zero-order chi connectivity index (χ0) is 28.2. The number of nitrogens with one attached hydrogen (secondary N) is 1. The molecule has 2 aromatic carbocycles. The van der Waals surface area contributed by atoms with Crippen molar-refractivity contribution in [3.8, 4) is 0 Å². The minimum Gasteiger partial charge on any atom is -0.456 e. The van der Waals surface area contributed by atoms with Gasteiger partial charge < -0.3 is 14.2 Å². The third-order valence-corrected chi connectivity index (χ3v) is 6.55.